The Labute approximate surface area is 184 Å². The van der Waals surface area contributed by atoms with Crippen LogP contribution in [0.5, 0.6) is 5.75 Å². The zero-order valence-electron chi connectivity index (χ0n) is 18.2. The van der Waals surface area contributed by atoms with Crippen LogP contribution in [0.4, 0.5) is 0 Å². The fraction of sp³-hybridized carbons (Fsp3) is 0.440. The van der Waals surface area contributed by atoms with Crippen LogP contribution in [-0.4, -0.2) is 54.9 Å². The fourth-order valence-corrected chi connectivity index (χ4v) is 4.48. The molecule has 0 aliphatic carbocycles. The Morgan fingerprint density at radius 2 is 1.71 bits per heavy atom. The lowest BCUT2D eigenvalue weighted by Gasteiger charge is -2.28. The van der Waals surface area contributed by atoms with Gasteiger partial charge in [-0.3, -0.25) is 14.5 Å². The van der Waals surface area contributed by atoms with Gasteiger partial charge in [0.05, 0.1) is 13.2 Å². The topological polar surface area (TPSA) is 61.9 Å². The number of carbonyl (C=O) groups is 2. The molecule has 0 radical (unpaired) electrons. The van der Waals surface area contributed by atoms with Crippen molar-refractivity contribution in [1.29, 1.82) is 0 Å². The molecule has 4 rings (SSSR count). The summed E-state index contributed by atoms with van der Waals surface area (Å²) in [6.07, 6.45) is 3.97. The Morgan fingerprint density at radius 3 is 2.32 bits per heavy atom. The van der Waals surface area contributed by atoms with Crippen LogP contribution in [0.2, 0.25) is 0 Å². The van der Waals surface area contributed by atoms with Gasteiger partial charge in [0, 0.05) is 31.6 Å². The Bertz CT molecular complexity index is 889. The highest BCUT2D eigenvalue weighted by Crippen LogP contribution is 2.26. The van der Waals surface area contributed by atoms with Gasteiger partial charge in [0.2, 0.25) is 5.91 Å². The number of nitrogens with zero attached hydrogens (tertiary/aromatic N) is 2. The Hall–Kier alpha value is -2.86. The molecule has 31 heavy (non-hydrogen) atoms. The van der Waals surface area contributed by atoms with E-state index in [2.05, 4.69) is 22.3 Å². The maximum absolute atomic E-state index is 12.8. The summed E-state index contributed by atoms with van der Waals surface area (Å²) >= 11 is 0. The number of rotatable bonds is 8. The standard InChI is InChI=1S/C25H31N3O3/c1-31-22-12-10-20(11-13-22)23(27-14-2-3-15-27)17-26-25(30)21-8-6-19(7-9-21)18-28-16-4-5-24(28)29/h6-13,23H,2-5,14-18H2,1H3,(H,26,30)/t23-/m0/s1. The van der Waals surface area contributed by atoms with Gasteiger partial charge in [-0.05, 0) is 67.7 Å². The lowest BCUT2D eigenvalue weighted by Crippen LogP contribution is -2.36. The van der Waals surface area contributed by atoms with E-state index in [0.29, 0.717) is 25.1 Å². The van der Waals surface area contributed by atoms with E-state index in [9.17, 15) is 9.59 Å². The van der Waals surface area contributed by atoms with Crippen molar-refractivity contribution in [3.05, 3.63) is 65.2 Å². The number of likely N-dealkylation sites (tertiary alicyclic amines) is 2. The van der Waals surface area contributed by atoms with Gasteiger partial charge in [0.15, 0.2) is 0 Å². The first-order valence-corrected chi connectivity index (χ1v) is 11.2. The predicted molar refractivity (Wildman–Crippen MR) is 120 cm³/mol. The van der Waals surface area contributed by atoms with Crippen molar-refractivity contribution >= 4 is 11.8 Å². The van der Waals surface area contributed by atoms with Crippen LogP contribution in [0.3, 0.4) is 0 Å². The van der Waals surface area contributed by atoms with Crippen LogP contribution >= 0.6 is 0 Å². The molecule has 2 aliphatic rings. The van der Waals surface area contributed by atoms with E-state index >= 15 is 0 Å². The Balaban J connectivity index is 1.38. The van der Waals surface area contributed by atoms with Crippen molar-refractivity contribution in [2.75, 3.05) is 33.3 Å². The van der Waals surface area contributed by atoms with Crippen molar-refractivity contribution in [2.24, 2.45) is 0 Å². The zero-order chi connectivity index (χ0) is 21.6. The van der Waals surface area contributed by atoms with E-state index in [-0.39, 0.29) is 17.9 Å². The summed E-state index contributed by atoms with van der Waals surface area (Å²) in [6.45, 7) is 4.11. The summed E-state index contributed by atoms with van der Waals surface area (Å²) in [5.41, 5.74) is 2.89. The lowest BCUT2D eigenvalue weighted by molar-refractivity contribution is -0.128. The summed E-state index contributed by atoms with van der Waals surface area (Å²) in [6, 6.07) is 15.9. The number of ether oxygens (including phenoxy) is 1. The second-order valence-corrected chi connectivity index (χ2v) is 8.36. The molecule has 2 aromatic rings. The maximum Gasteiger partial charge on any atom is 0.251 e. The molecule has 0 saturated carbocycles. The summed E-state index contributed by atoms with van der Waals surface area (Å²) < 4.78 is 5.28. The monoisotopic (exact) mass is 421 g/mol. The second-order valence-electron chi connectivity index (χ2n) is 8.36. The van der Waals surface area contributed by atoms with Crippen molar-refractivity contribution in [3.8, 4) is 5.75 Å². The Morgan fingerprint density at radius 1 is 1.00 bits per heavy atom. The number of amides is 2. The molecule has 1 N–H and O–H groups in total. The summed E-state index contributed by atoms with van der Waals surface area (Å²) in [4.78, 5) is 28.9. The molecule has 0 spiro atoms. The number of methoxy groups -OCH3 is 1. The van der Waals surface area contributed by atoms with Crippen LogP contribution in [0.15, 0.2) is 48.5 Å². The minimum atomic E-state index is -0.0680. The third-order valence-corrected chi connectivity index (χ3v) is 6.30. The van der Waals surface area contributed by atoms with Gasteiger partial charge < -0.3 is 15.0 Å². The van der Waals surface area contributed by atoms with E-state index in [1.807, 2.05) is 41.3 Å². The molecule has 1 atom stereocenters. The largest absolute Gasteiger partial charge is 0.497 e. The fourth-order valence-electron chi connectivity index (χ4n) is 4.48. The van der Waals surface area contributed by atoms with E-state index in [4.69, 9.17) is 4.74 Å². The van der Waals surface area contributed by atoms with Crippen molar-refractivity contribution in [3.63, 3.8) is 0 Å². The zero-order valence-corrected chi connectivity index (χ0v) is 18.2. The molecule has 0 aromatic heterocycles. The third-order valence-electron chi connectivity index (χ3n) is 6.30. The van der Waals surface area contributed by atoms with Gasteiger partial charge >= 0.3 is 0 Å². The molecule has 2 aromatic carbocycles. The smallest absolute Gasteiger partial charge is 0.251 e. The number of nitrogens with one attached hydrogen (secondary N) is 1. The summed E-state index contributed by atoms with van der Waals surface area (Å²) in [7, 11) is 1.67. The molecule has 6 nitrogen and oxygen atoms in total. The Kier molecular flexibility index (Phi) is 6.87. The average Bonchev–Trinajstić information content (AvgIpc) is 3.47. The van der Waals surface area contributed by atoms with E-state index in [1.54, 1.807) is 7.11 Å². The first kappa shape index (κ1) is 21.4. The molecule has 0 unspecified atom stereocenters. The van der Waals surface area contributed by atoms with Gasteiger partial charge in [-0.15, -0.1) is 0 Å². The number of benzene rings is 2. The second kappa shape index (κ2) is 9.96. The minimum absolute atomic E-state index is 0.0680. The SMILES string of the molecule is COc1ccc([C@H](CNC(=O)c2ccc(CN3CCCC3=O)cc2)N2CCCC2)cc1. The van der Waals surface area contributed by atoms with Crippen molar-refractivity contribution < 1.29 is 14.3 Å². The molecule has 2 aliphatic heterocycles. The first-order valence-electron chi connectivity index (χ1n) is 11.2. The third kappa shape index (κ3) is 5.25. The molecular weight excluding hydrogens is 390 g/mol. The van der Waals surface area contributed by atoms with Crippen LogP contribution in [-0.2, 0) is 11.3 Å². The maximum atomic E-state index is 12.8. The molecular formula is C25H31N3O3. The van der Waals surface area contributed by atoms with Gasteiger partial charge in [0.1, 0.15) is 5.75 Å². The predicted octanol–water partition coefficient (Wildman–Crippen LogP) is 3.38. The summed E-state index contributed by atoms with van der Waals surface area (Å²) in [5, 5.41) is 3.13. The van der Waals surface area contributed by atoms with Crippen LogP contribution < -0.4 is 10.1 Å². The number of hydrogen-bond donors (Lipinski definition) is 1. The lowest BCUT2D eigenvalue weighted by atomic mass is 10.0. The van der Waals surface area contributed by atoms with Crippen molar-refractivity contribution in [2.45, 2.75) is 38.3 Å². The van der Waals surface area contributed by atoms with Crippen molar-refractivity contribution in [1.82, 2.24) is 15.1 Å². The normalized spacial score (nSPS) is 17.7. The van der Waals surface area contributed by atoms with Gasteiger partial charge in [-0.25, -0.2) is 0 Å². The van der Waals surface area contributed by atoms with Crippen LogP contribution in [0.1, 0.15) is 53.2 Å². The quantitative estimate of drug-likeness (QED) is 0.710. The van der Waals surface area contributed by atoms with E-state index in [1.165, 1.54) is 18.4 Å². The molecule has 6 heteroatoms. The highest BCUT2D eigenvalue weighted by Gasteiger charge is 2.24. The molecule has 0 bridgehead atoms. The van der Waals surface area contributed by atoms with Crippen LogP contribution in [0, 0.1) is 0 Å². The average molecular weight is 422 g/mol. The molecule has 2 fully saturated rings. The van der Waals surface area contributed by atoms with Crippen LogP contribution in [0.25, 0.3) is 0 Å². The molecule has 2 saturated heterocycles. The first-order chi connectivity index (χ1) is 15.1. The minimum Gasteiger partial charge on any atom is -0.497 e. The molecule has 2 amide bonds. The molecule has 164 valence electrons. The molecule has 2 heterocycles. The number of carbonyl (C=O) groups excluding carboxylic acids is 2. The summed E-state index contributed by atoms with van der Waals surface area (Å²) in [5.74, 6) is 0.985. The highest BCUT2D eigenvalue weighted by atomic mass is 16.5. The van der Waals surface area contributed by atoms with Gasteiger partial charge in [0.25, 0.3) is 5.91 Å². The number of hydrogen-bond acceptors (Lipinski definition) is 4. The van der Waals surface area contributed by atoms with E-state index in [0.717, 1.165) is 37.4 Å². The van der Waals surface area contributed by atoms with Gasteiger partial charge in [-0.2, -0.15) is 0 Å². The van der Waals surface area contributed by atoms with E-state index < -0.39 is 0 Å². The van der Waals surface area contributed by atoms with Gasteiger partial charge in [-0.1, -0.05) is 24.3 Å². The highest BCUT2D eigenvalue weighted by molar-refractivity contribution is 5.94.